The first-order chi connectivity index (χ1) is 10.9. The van der Waals surface area contributed by atoms with Gasteiger partial charge in [0.05, 0.1) is 4.90 Å². The van der Waals surface area contributed by atoms with Gasteiger partial charge in [-0.25, -0.2) is 12.8 Å². The van der Waals surface area contributed by atoms with Crippen molar-refractivity contribution in [2.75, 3.05) is 26.2 Å². The van der Waals surface area contributed by atoms with Crippen molar-refractivity contribution in [3.8, 4) is 0 Å². The summed E-state index contributed by atoms with van der Waals surface area (Å²) in [7, 11) is -3.62. The van der Waals surface area contributed by atoms with Crippen molar-refractivity contribution in [3.63, 3.8) is 0 Å². The van der Waals surface area contributed by atoms with Gasteiger partial charge in [-0.3, -0.25) is 4.79 Å². The fourth-order valence-corrected chi connectivity index (χ4v) is 4.36. The van der Waals surface area contributed by atoms with E-state index < -0.39 is 15.8 Å². The van der Waals surface area contributed by atoms with E-state index in [-0.39, 0.29) is 16.7 Å². The average molecular weight is 342 g/mol. The molecule has 0 saturated carbocycles. The smallest absolute Gasteiger partial charge is 0.243 e. The first kappa shape index (κ1) is 17.9. The van der Waals surface area contributed by atoms with Gasteiger partial charge in [-0.05, 0) is 51.0 Å². The van der Waals surface area contributed by atoms with E-state index in [4.69, 9.17) is 0 Å². The van der Waals surface area contributed by atoms with Gasteiger partial charge >= 0.3 is 0 Å². The Balaban J connectivity index is 2.03. The summed E-state index contributed by atoms with van der Waals surface area (Å²) >= 11 is 0. The van der Waals surface area contributed by atoms with Crippen molar-refractivity contribution in [1.29, 1.82) is 0 Å². The molecule has 0 spiro atoms. The van der Waals surface area contributed by atoms with Crippen LogP contribution in [0.15, 0.2) is 29.2 Å². The van der Waals surface area contributed by atoms with Crippen LogP contribution >= 0.6 is 0 Å². The Hall–Kier alpha value is -1.47. The van der Waals surface area contributed by atoms with Crippen LogP contribution in [0.4, 0.5) is 4.39 Å². The summed E-state index contributed by atoms with van der Waals surface area (Å²) in [6.07, 6.45) is 1.05. The Labute approximate surface area is 137 Å². The van der Waals surface area contributed by atoms with Crippen molar-refractivity contribution < 1.29 is 17.6 Å². The molecular weight excluding hydrogens is 319 g/mol. The molecule has 0 N–H and O–H groups in total. The molecule has 0 aliphatic carbocycles. The summed E-state index contributed by atoms with van der Waals surface area (Å²) in [5, 5.41) is 0. The van der Waals surface area contributed by atoms with Crippen molar-refractivity contribution in [2.45, 2.75) is 31.6 Å². The Kier molecular flexibility index (Phi) is 5.75. The zero-order chi connectivity index (χ0) is 17.0. The number of hydrogen-bond donors (Lipinski definition) is 0. The first-order valence-electron chi connectivity index (χ1n) is 7.94. The molecule has 2 rings (SSSR count). The van der Waals surface area contributed by atoms with Crippen LogP contribution < -0.4 is 0 Å². The van der Waals surface area contributed by atoms with Crippen LogP contribution in [0.1, 0.15) is 26.7 Å². The van der Waals surface area contributed by atoms with Crippen molar-refractivity contribution in [1.82, 2.24) is 9.21 Å². The number of benzene rings is 1. The molecule has 23 heavy (non-hydrogen) atoms. The lowest BCUT2D eigenvalue weighted by molar-refractivity contribution is -0.136. The quantitative estimate of drug-likeness (QED) is 0.823. The number of sulfonamides is 1. The van der Waals surface area contributed by atoms with Crippen molar-refractivity contribution >= 4 is 15.9 Å². The minimum absolute atomic E-state index is 0.0902. The predicted molar refractivity (Wildman–Crippen MR) is 85.8 cm³/mol. The zero-order valence-corrected chi connectivity index (χ0v) is 14.4. The normalized spacial score (nSPS) is 17.2. The van der Waals surface area contributed by atoms with Crippen LogP contribution in [-0.2, 0) is 14.8 Å². The molecule has 1 fully saturated rings. The number of carbonyl (C=O) groups is 1. The highest BCUT2D eigenvalue weighted by molar-refractivity contribution is 7.89. The number of nitrogens with zero attached hydrogens (tertiary/aromatic N) is 2. The molecular formula is C16H23FN2O3S. The first-order valence-corrected chi connectivity index (χ1v) is 9.38. The van der Waals surface area contributed by atoms with E-state index in [1.54, 1.807) is 4.90 Å². The van der Waals surface area contributed by atoms with E-state index in [1.807, 2.05) is 13.8 Å². The molecule has 128 valence electrons. The van der Waals surface area contributed by atoms with Gasteiger partial charge in [-0.15, -0.1) is 0 Å². The second kappa shape index (κ2) is 7.40. The van der Waals surface area contributed by atoms with E-state index in [0.717, 1.165) is 12.1 Å². The summed E-state index contributed by atoms with van der Waals surface area (Å²) < 4.78 is 39.4. The van der Waals surface area contributed by atoms with Crippen molar-refractivity contribution in [2.24, 2.45) is 5.92 Å². The second-order valence-corrected chi connectivity index (χ2v) is 7.58. The number of halogens is 1. The van der Waals surface area contributed by atoms with Gasteiger partial charge in [0.1, 0.15) is 5.82 Å². The van der Waals surface area contributed by atoms with Crippen LogP contribution in [0.5, 0.6) is 0 Å². The van der Waals surface area contributed by atoms with Gasteiger partial charge in [0, 0.05) is 32.1 Å². The van der Waals surface area contributed by atoms with E-state index in [0.29, 0.717) is 39.0 Å². The SMILES string of the molecule is CCN(CC)C(=O)C1CCN(S(=O)(=O)c2ccc(F)cc2)CC1. The van der Waals surface area contributed by atoms with E-state index in [9.17, 15) is 17.6 Å². The van der Waals surface area contributed by atoms with Crippen LogP contribution in [0.2, 0.25) is 0 Å². The number of hydrogen-bond acceptors (Lipinski definition) is 3. The Morgan fingerprint density at radius 3 is 2.17 bits per heavy atom. The van der Waals surface area contributed by atoms with Crippen molar-refractivity contribution in [3.05, 3.63) is 30.1 Å². The highest BCUT2D eigenvalue weighted by Gasteiger charge is 2.33. The molecule has 0 bridgehead atoms. The van der Waals surface area contributed by atoms with E-state index in [1.165, 1.54) is 16.4 Å². The van der Waals surface area contributed by atoms with Crippen LogP contribution in [-0.4, -0.2) is 49.7 Å². The average Bonchev–Trinajstić information content (AvgIpc) is 2.56. The second-order valence-electron chi connectivity index (χ2n) is 5.64. The number of rotatable bonds is 5. The molecule has 1 aliphatic heterocycles. The monoisotopic (exact) mass is 342 g/mol. The lowest BCUT2D eigenvalue weighted by Gasteiger charge is -2.33. The fraction of sp³-hybridized carbons (Fsp3) is 0.562. The van der Waals surface area contributed by atoms with Gasteiger partial charge in [-0.1, -0.05) is 0 Å². The molecule has 0 unspecified atom stereocenters. The Bertz CT molecular complexity index is 634. The minimum atomic E-state index is -3.62. The molecule has 1 aliphatic rings. The third-order valence-electron chi connectivity index (χ3n) is 4.33. The number of amides is 1. The molecule has 7 heteroatoms. The maximum atomic E-state index is 12.9. The Morgan fingerprint density at radius 2 is 1.70 bits per heavy atom. The molecule has 1 heterocycles. The lowest BCUT2D eigenvalue weighted by atomic mass is 9.96. The number of carbonyl (C=O) groups excluding carboxylic acids is 1. The van der Waals surface area contributed by atoms with Crippen LogP contribution in [0.3, 0.4) is 0 Å². The lowest BCUT2D eigenvalue weighted by Crippen LogP contribution is -2.44. The topological polar surface area (TPSA) is 57.7 Å². The van der Waals surface area contributed by atoms with Gasteiger partial charge in [0.15, 0.2) is 0 Å². The molecule has 1 saturated heterocycles. The molecule has 1 aromatic carbocycles. The molecule has 0 aromatic heterocycles. The van der Waals surface area contributed by atoms with E-state index >= 15 is 0 Å². The Morgan fingerprint density at radius 1 is 1.17 bits per heavy atom. The highest BCUT2D eigenvalue weighted by Crippen LogP contribution is 2.25. The van der Waals surface area contributed by atoms with Gasteiger partial charge in [0.2, 0.25) is 15.9 Å². The fourth-order valence-electron chi connectivity index (χ4n) is 2.89. The largest absolute Gasteiger partial charge is 0.343 e. The minimum Gasteiger partial charge on any atom is -0.343 e. The molecule has 0 radical (unpaired) electrons. The maximum absolute atomic E-state index is 12.9. The maximum Gasteiger partial charge on any atom is 0.243 e. The third-order valence-corrected chi connectivity index (χ3v) is 6.24. The summed E-state index contributed by atoms with van der Waals surface area (Å²) in [5.74, 6) is -0.476. The van der Waals surface area contributed by atoms with Crippen LogP contribution in [0.25, 0.3) is 0 Å². The molecule has 1 amide bonds. The molecule has 1 aromatic rings. The van der Waals surface area contributed by atoms with Crippen LogP contribution in [0, 0.1) is 11.7 Å². The molecule has 0 atom stereocenters. The molecule has 5 nitrogen and oxygen atoms in total. The van der Waals surface area contributed by atoms with Gasteiger partial charge in [0.25, 0.3) is 0 Å². The zero-order valence-electron chi connectivity index (χ0n) is 13.5. The standard InChI is InChI=1S/C16H23FN2O3S/c1-3-18(4-2)16(20)13-9-11-19(12-10-13)23(21,22)15-7-5-14(17)6-8-15/h5-8,13H,3-4,9-12H2,1-2H3. The third kappa shape index (κ3) is 3.90. The van der Waals surface area contributed by atoms with Gasteiger partial charge in [-0.2, -0.15) is 4.31 Å². The predicted octanol–water partition coefficient (Wildman–Crippen LogP) is 2.09. The number of piperidine rings is 1. The summed E-state index contributed by atoms with van der Waals surface area (Å²) in [5.41, 5.74) is 0. The summed E-state index contributed by atoms with van der Waals surface area (Å²) in [4.78, 5) is 14.2. The highest BCUT2D eigenvalue weighted by atomic mass is 32.2. The van der Waals surface area contributed by atoms with E-state index in [2.05, 4.69) is 0 Å². The van der Waals surface area contributed by atoms with Gasteiger partial charge < -0.3 is 4.90 Å². The summed E-state index contributed by atoms with van der Waals surface area (Å²) in [6.45, 7) is 5.85. The summed E-state index contributed by atoms with van der Waals surface area (Å²) in [6, 6.07) is 4.84.